The van der Waals surface area contributed by atoms with E-state index in [2.05, 4.69) is 54.8 Å². The Labute approximate surface area is 330 Å². The van der Waals surface area contributed by atoms with Gasteiger partial charge in [-0.2, -0.15) is 0 Å². The Morgan fingerprint density at radius 1 is 0.719 bits per heavy atom. The fourth-order valence-corrected chi connectivity index (χ4v) is 7.43. The molecule has 4 heterocycles. The van der Waals surface area contributed by atoms with E-state index in [1.165, 1.54) is 14.2 Å². The van der Waals surface area contributed by atoms with E-state index in [4.69, 9.17) is 9.47 Å². The number of amides is 4. The van der Waals surface area contributed by atoms with Gasteiger partial charge in [0.05, 0.1) is 44.0 Å². The molecule has 0 radical (unpaired) electrons. The molecule has 2 aliphatic rings. The van der Waals surface area contributed by atoms with Gasteiger partial charge in [-0.05, 0) is 46.6 Å². The predicted molar refractivity (Wildman–Crippen MR) is 213 cm³/mol. The molecular weight excluding hydrogens is 725 g/mol. The zero-order chi connectivity index (χ0) is 40.1. The fourth-order valence-electron chi connectivity index (χ4n) is 7.43. The van der Waals surface area contributed by atoms with Crippen LogP contribution in [0.15, 0.2) is 103 Å². The normalized spacial score (nSPS) is 17.4. The molecule has 2 aromatic heterocycles. The number of hydrogen-bond acceptors (Lipinski definition) is 8. The van der Waals surface area contributed by atoms with Gasteiger partial charge in [-0.1, -0.05) is 105 Å². The van der Waals surface area contributed by atoms with E-state index in [1.807, 2.05) is 68.5 Å². The molecule has 0 bridgehead atoms. The highest BCUT2D eigenvalue weighted by molar-refractivity contribution is 5.88. The molecule has 294 valence electrons. The summed E-state index contributed by atoms with van der Waals surface area (Å²) in [6, 6.07) is 23.2. The van der Waals surface area contributed by atoms with Crippen LogP contribution in [0.1, 0.15) is 62.0 Å². The predicted octanol–water partition coefficient (Wildman–Crippen LogP) is 6.71. The first-order valence-electron chi connectivity index (χ1n) is 19.0. The van der Waals surface area contributed by atoms with E-state index in [0.717, 1.165) is 46.5 Å². The number of nitrogens with one attached hydrogen (secondary N) is 4. The summed E-state index contributed by atoms with van der Waals surface area (Å²) in [5.74, 6) is 0.796. The Hall–Kier alpha value is -6.70. The number of methoxy groups -OCH3 is 2. The van der Waals surface area contributed by atoms with E-state index in [0.29, 0.717) is 30.3 Å². The lowest BCUT2D eigenvalue weighted by Gasteiger charge is -2.30. The van der Waals surface area contributed by atoms with Crippen LogP contribution in [-0.4, -0.2) is 87.1 Å². The third kappa shape index (κ3) is 8.30. The van der Waals surface area contributed by atoms with Crippen molar-refractivity contribution in [1.82, 2.24) is 40.4 Å². The summed E-state index contributed by atoms with van der Waals surface area (Å²) in [5.41, 5.74) is 6.29. The molecule has 0 saturated carbocycles. The standard InChI is InChI=1S/C43H46N8O6/c1-26(2)36(48-42(54)56-3)40(52)50-22-8-12-34(50)38-44-24-32(46-38)29-18-14-27(15-19-29)28-16-20-30(21-17-28)33-25-45-39(47-33)35-13-9-23-51(35)41(53)37(49-43(55)57-4)31-10-6-5-7-11-31/h5-7,9-11,13-21,24-26,34-37H,8,12,22-23H2,1-4H3,(H,44,46)(H,45,47)(H,48,54)(H,49,55)/t34?,35?,36-,37-/m0/s1. The molecule has 7 rings (SSSR count). The number of ether oxygens (including phenoxy) is 2. The fraction of sp³-hybridized carbons (Fsp3) is 0.302. The van der Waals surface area contributed by atoms with Crippen molar-refractivity contribution in [3.63, 3.8) is 0 Å². The highest BCUT2D eigenvalue weighted by Crippen LogP contribution is 2.34. The van der Waals surface area contributed by atoms with Gasteiger partial charge >= 0.3 is 12.2 Å². The summed E-state index contributed by atoms with van der Waals surface area (Å²) in [4.78, 5) is 71.1. The Morgan fingerprint density at radius 2 is 1.28 bits per heavy atom. The largest absolute Gasteiger partial charge is 0.453 e. The van der Waals surface area contributed by atoms with Gasteiger partial charge in [0.15, 0.2) is 0 Å². The van der Waals surface area contributed by atoms with Crippen molar-refractivity contribution < 1.29 is 28.7 Å². The molecule has 4 N–H and O–H groups in total. The lowest BCUT2D eigenvalue weighted by molar-refractivity contribution is -0.135. The Morgan fingerprint density at radius 3 is 1.88 bits per heavy atom. The number of hydrogen-bond donors (Lipinski definition) is 4. The summed E-state index contributed by atoms with van der Waals surface area (Å²) in [5, 5.41) is 5.37. The average molecular weight is 771 g/mol. The number of alkyl carbamates (subject to hydrolysis) is 2. The maximum atomic E-state index is 13.8. The van der Waals surface area contributed by atoms with Crippen LogP contribution in [0.25, 0.3) is 33.6 Å². The third-order valence-electron chi connectivity index (χ3n) is 10.5. The highest BCUT2D eigenvalue weighted by Gasteiger charge is 2.38. The SMILES string of the molecule is COC(=O)N[C@H](C(=O)N1CC=CC1c1ncc(-c2ccc(-c3ccc(-c4cnc(C5CCCN5C(=O)[C@@H](NC(=O)OC)C(C)C)[nH]4)cc3)cc2)[nH]1)c1ccccc1. The molecule has 57 heavy (non-hydrogen) atoms. The van der Waals surface area contributed by atoms with Crippen LogP contribution >= 0.6 is 0 Å². The lowest BCUT2D eigenvalue weighted by Crippen LogP contribution is -2.51. The number of aromatic amines is 2. The number of carbonyl (C=O) groups excluding carboxylic acids is 4. The number of imidazole rings is 2. The molecular formula is C43H46N8O6. The number of carbonyl (C=O) groups is 4. The quantitative estimate of drug-likeness (QED) is 0.107. The van der Waals surface area contributed by atoms with Crippen molar-refractivity contribution in [3.8, 4) is 33.6 Å². The van der Waals surface area contributed by atoms with Gasteiger partial charge in [-0.15, -0.1) is 0 Å². The van der Waals surface area contributed by atoms with Gasteiger partial charge in [-0.25, -0.2) is 19.6 Å². The van der Waals surface area contributed by atoms with Crippen LogP contribution in [0.3, 0.4) is 0 Å². The summed E-state index contributed by atoms with van der Waals surface area (Å²) < 4.78 is 9.56. The van der Waals surface area contributed by atoms with E-state index < -0.39 is 30.3 Å². The van der Waals surface area contributed by atoms with Crippen molar-refractivity contribution in [2.24, 2.45) is 5.92 Å². The van der Waals surface area contributed by atoms with Crippen LogP contribution in [-0.2, 0) is 19.1 Å². The second kappa shape index (κ2) is 17.0. The van der Waals surface area contributed by atoms with Crippen molar-refractivity contribution in [2.45, 2.75) is 50.9 Å². The molecule has 4 amide bonds. The van der Waals surface area contributed by atoms with Gasteiger partial charge in [0.25, 0.3) is 5.91 Å². The monoisotopic (exact) mass is 770 g/mol. The van der Waals surface area contributed by atoms with Gasteiger partial charge in [-0.3, -0.25) is 9.59 Å². The Bertz CT molecular complexity index is 2230. The zero-order valence-corrected chi connectivity index (χ0v) is 32.3. The molecule has 2 unspecified atom stereocenters. The first kappa shape index (κ1) is 38.6. The van der Waals surface area contributed by atoms with E-state index in [-0.39, 0.29) is 23.8 Å². The van der Waals surface area contributed by atoms with Crippen LogP contribution in [0.2, 0.25) is 0 Å². The first-order chi connectivity index (χ1) is 27.6. The van der Waals surface area contributed by atoms with Crippen LogP contribution in [0, 0.1) is 5.92 Å². The number of nitrogens with zero attached hydrogens (tertiary/aromatic N) is 4. The third-order valence-corrected chi connectivity index (χ3v) is 10.5. The number of H-pyrrole nitrogens is 2. The number of likely N-dealkylation sites (tertiary alicyclic amines) is 1. The van der Waals surface area contributed by atoms with Crippen molar-refractivity contribution in [1.29, 1.82) is 0 Å². The number of aromatic nitrogens is 4. The topological polar surface area (TPSA) is 175 Å². The van der Waals surface area contributed by atoms with E-state index in [9.17, 15) is 19.2 Å². The zero-order valence-electron chi connectivity index (χ0n) is 32.3. The number of benzene rings is 3. The summed E-state index contributed by atoms with van der Waals surface area (Å²) in [7, 11) is 2.55. The lowest BCUT2D eigenvalue weighted by atomic mass is 10.0. The molecule has 0 spiro atoms. The second-order valence-corrected chi connectivity index (χ2v) is 14.4. The minimum absolute atomic E-state index is 0.110. The van der Waals surface area contributed by atoms with Gasteiger partial charge in [0.1, 0.15) is 29.8 Å². The minimum Gasteiger partial charge on any atom is -0.453 e. The summed E-state index contributed by atoms with van der Waals surface area (Å²) >= 11 is 0. The van der Waals surface area contributed by atoms with Gasteiger partial charge in [0.2, 0.25) is 5.91 Å². The van der Waals surface area contributed by atoms with E-state index in [1.54, 1.807) is 34.3 Å². The molecule has 0 aliphatic carbocycles. The van der Waals surface area contributed by atoms with Gasteiger partial charge < -0.3 is 39.9 Å². The number of rotatable bonds is 11. The Kier molecular flexibility index (Phi) is 11.5. The van der Waals surface area contributed by atoms with Crippen LogP contribution in [0.4, 0.5) is 9.59 Å². The molecule has 3 aromatic carbocycles. The second-order valence-electron chi connectivity index (χ2n) is 14.4. The first-order valence-corrected chi connectivity index (χ1v) is 19.0. The molecule has 14 heteroatoms. The minimum atomic E-state index is -0.920. The molecule has 1 fully saturated rings. The molecule has 2 aliphatic heterocycles. The van der Waals surface area contributed by atoms with Crippen LogP contribution in [0.5, 0.6) is 0 Å². The smallest absolute Gasteiger partial charge is 0.407 e. The average Bonchev–Trinajstić information content (AvgIpc) is 4.09. The summed E-state index contributed by atoms with van der Waals surface area (Å²) in [6.45, 7) is 4.75. The van der Waals surface area contributed by atoms with Crippen LogP contribution < -0.4 is 10.6 Å². The molecule has 14 nitrogen and oxygen atoms in total. The van der Waals surface area contributed by atoms with Crippen molar-refractivity contribution in [3.05, 3.63) is 121 Å². The van der Waals surface area contributed by atoms with Crippen molar-refractivity contribution in [2.75, 3.05) is 27.3 Å². The molecule has 4 atom stereocenters. The van der Waals surface area contributed by atoms with Crippen molar-refractivity contribution >= 4 is 24.0 Å². The Balaban J connectivity index is 1.01. The molecule has 5 aromatic rings. The maximum Gasteiger partial charge on any atom is 0.407 e. The maximum absolute atomic E-state index is 13.8. The highest BCUT2D eigenvalue weighted by atomic mass is 16.5. The summed E-state index contributed by atoms with van der Waals surface area (Å²) in [6.07, 6.45) is 7.70. The molecule has 1 saturated heterocycles. The van der Waals surface area contributed by atoms with E-state index >= 15 is 0 Å². The van der Waals surface area contributed by atoms with Gasteiger partial charge in [0, 0.05) is 13.1 Å².